The monoisotopic (exact) mass is 266 g/mol. The molecule has 0 aromatic rings. The summed E-state index contributed by atoms with van der Waals surface area (Å²) in [4.78, 5) is 0. The summed E-state index contributed by atoms with van der Waals surface area (Å²) in [5, 5.41) is 0. The molecule has 17 heavy (non-hydrogen) atoms. The molecule has 0 amide bonds. The van der Waals surface area contributed by atoms with Crippen LogP contribution in [0, 0.1) is 0 Å². The van der Waals surface area contributed by atoms with Crippen molar-refractivity contribution in [3.63, 3.8) is 0 Å². The third-order valence-corrected chi connectivity index (χ3v) is 7.40. The van der Waals surface area contributed by atoms with Gasteiger partial charge in [-0.05, 0) is 38.2 Å². The first-order valence-electron chi connectivity index (χ1n) is 6.27. The van der Waals surface area contributed by atoms with E-state index in [1.807, 2.05) is 6.08 Å². The molecule has 0 fully saturated rings. The predicted octanol–water partition coefficient (Wildman–Crippen LogP) is 4.37. The SMILES string of the molecule is C=CC(C=C[Si](C)(C)O[SiH](C)C)=CC=CCC. The number of allylic oxidation sites excluding steroid dienone is 6. The van der Waals surface area contributed by atoms with E-state index in [-0.39, 0.29) is 0 Å². The van der Waals surface area contributed by atoms with E-state index in [4.69, 9.17) is 4.12 Å². The fraction of sp³-hybridized carbons (Fsp3) is 0.429. The van der Waals surface area contributed by atoms with Gasteiger partial charge in [0.05, 0.1) is 0 Å². The molecule has 0 aliphatic carbocycles. The molecule has 0 bridgehead atoms. The molecule has 0 rings (SSSR count). The lowest BCUT2D eigenvalue weighted by Gasteiger charge is -2.21. The number of rotatable bonds is 7. The Morgan fingerprint density at radius 3 is 2.47 bits per heavy atom. The molecule has 0 aliphatic rings. The van der Waals surface area contributed by atoms with Gasteiger partial charge in [-0.25, -0.2) is 0 Å². The maximum absolute atomic E-state index is 6.07. The van der Waals surface area contributed by atoms with Crippen molar-refractivity contribution >= 4 is 17.4 Å². The molecule has 3 heteroatoms. The minimum absolute atomic E-state index is 0.943. The Morgan fingerprint density at radius 1 is 1.35 bits per heavy atom. The molecule has 0 aliphatic heterocycles. The van der Waals surface area contributed by atoms with E-state index in [0.29, 0.717) is 0 Å². The van der Waals surface area contributed by atoms with E-state index in [1.165, 1.54) is 0 Å². The maximum atomic E-state index is 6.07. The second-order valence-electron chi connectivity index (χ2n) is 4.81. The molecule has 0 atom stereocenters. The van der Waals surface area contributed by atoms with Crippen LogP contribution in [0.3, 0.4) is 0 Å². The average Bonchev–Trinajstić information content (AvgIpc) is 2.21. The Labute approximate surface area is 109 Å². The van der Waals surface area contributed by atoms with Crippen molar-refractivity contribution in [2.45, 2.75) is 39.5 Å². The highest BCUT2D eigenvalue weighted by Gasteiger charge is 2.19. The van der Waals surface area contributed by atoms with Gasteiger partial charge in [-0.1, -0.05) is 49.6 Å². The van der Waals surface area contributed by atoms with Gasteiger partial charge in [0.1, 0.15) is 0 Å². The minimum atomic E-state index is -1.62. The van der Waals surface area contributed by atoms with Crippen LogP contribution in [0.1, 0.15) is 13.3 Å². The van der Waals surface area contributed by atoms with E-state index >= 15 is 0 Å². The summed E-state index contributed by atoms with van der Waals surface area (Å²) in [6.45, 7) is 14.9. The van der Waals surface area contributed by atoms with Gasteiger partial charge in [0.2, 0.25) is 0 Å². The number of hydrogen-bond acceptors (Lipinski definition) is 1. The van der Waals surface area contributed by atoms with Crippen LogP contribution in [0.2, 0.25) is 26.2 Å². The summed E-state index contributed by atoms with van der Waals surface area (Å²) in [6, 6.07) is 0. The highest BCUT2D eigenvalue weighted by molar-refractivity contribution is 6.81. The van der Waals surface area contributed by atoms with Gasteiger partial charge >= 0.3 is 0 Å². The molecule has 0 unspecified atom stereocenters. The van der Waals surface area contributed by atoms with Gasteiger partial charge in [-0.15, -0.1) is 0 Å². The Balaban J connectivity index is 4.60. The van der Waals surface area contributed by atoms with Crippen molar-refractivity contribution in [1.82, 2.24) is 0 Å². The molecule has 0 radical (unpaired) electrons. The van der Waals surface area contributed by atoms with Crippen LogP contribution in [0.5, 0.6) is 0 Å². The van der Waals surface area contributed by atoms with Crippen LogP contribution < -0.4 is 0 Å². The van der Waals surface area contributed by atoms with Crippen LogP contribution in [0.4, 0.5) is 0 Å². The highest BCUT2D eigenvalue weighted by atomic mass is 28.4. The molecule has 96 valence electrons. The van der Waals surface area contributed by atoms with Gasteiger partial charge in [0.15, 0.2) is 17.4 Å². The third kappa shape index (κ3) is 9.09. The molecule has 1 nitrogen and oxygen atoms in total. The van der Waals surface area contributed by atoms with E-state index < -0.39 is 17.4 Å². The van der Waals surface area contributed by atoms with E-state index in [9.17, 15) is 0 Å². The lowest BCUT2D eigenvalue weighted by Crippen LogP contribution is -2.33. The quantitative estimate of drug-likeness (QED) is 0.491. The van der Waals surface area contributed by atoms with Crippen molar-refractivity contribution in [2.24, 2.45) is 0 Å². The van der Waals surface area contributed by atoms with Crippen LogP contribution in [0.15, 0.2) is 48.2 Å². The Kier molecular flexibility index (Phi) is 8.12. The number of hydrogen-bond donors (Lipinski definition) is 0. The fourth-order valence-corrected chi connectivity index (χ4v) is 7.22. The zero-order valence-electron chi connectivity index (χ0n) is 11.9. The molecule has 0 aromatic carbocycles. The van der Waals surface area contributed by atoms with Crippen molar-refractivity contribution < 1.29 is 4.12 Å². The zero-order chi connectivity index (χ0) is 13.3. The maximum Gasteiger partial charge on any atom is 0.198 e. The van der Waals surface area contributed by atoms with E-state index in [2.05, 4.69) is 69.7 Å². The molecular weight excluding hydrogens is 240 g/mol. The van der Waals surface area contributed by atoms with Gasteiger partial charge in [-0.3, -0.25) is 0 Å². The fourth-order valence-electron chi connectivity index (χ4n) is 1.45. The van der Waals surface area contributed by atoms with Crippen molar-refractivity contribution in [3.8, 4) is 0 Å². The minimum Gasteiger partial charge on any atom is -0.455 e. The van der Waals surface area contributed by atoms with E-state index in [1.54, 1.807) is 0 Å². The normalized spacial score (nSPS) is 14.1. The molecule has 0 heterocycles. The highest BCUT2D eigenvalue weighted by Crippen LogP contribution is 2.10. The first kappa shape index (κ1) is 16.4. The Bertz CT molecular complexity index is 312. The molecule has 0 aromatic heterocycles. The lowest BCUT2D eigenvalue weighted by atomic mass is 10.2. The largest absolute Gasteiger partial charge is 0.455 e. The van der Waals surface area contributed by atoms with Crippen LogP contribution >= 0.6 is 0 Å². The standard InChI is InChI=1S/C14H26OSi2/c1-7-9-10-11-14(8-2)12-13-17(5,6)15-16(3)4/h8-13,16H,2,7H2,1,3-6H3. The topological polar surface area (TPSA) is 9.23 Å². The molecule has 0 saturated heterocycles. The van der Waals surface area contributed by atoms with E-state index in [0.717, 1.165) is 12.0 Å². The predicted molar refractivity (Wildman–Crippen MR) is 84.3 cm³/mol. The van der Waals surface area contributed by atoms with Gasteiger partial charge in [-0.2, -0.15) is 0 Å². The van der Waals surface area contributed by atoms with Crippen molar-refractivity contribution in [1.29, 1.82) is 0 Å². The summed E-state index contributed by atoms with van der Waals surface area (Å²) in [5.41, 5.74) is 3.39. The Morgan fingerprint density at radius 2 is 2.00 bits per heavy atom. The van der Waals surface area contributed by atoms with Gasteiger partial charge in [0, 0.05) is 0 Å². The summed E-state index contributed by atoms with van der Waals surface area (Å²) >= 11 is 0. The molecule has 0 spiro atoms. The first-order valence-corrected chi connectivity index (χ1v) is 12.0. The third-order valence-electron chi connectivity index (χ3n) is 2.11. The Hall–Kier alpha value is -0.646. The second kappa shape index (κ2) is 8.45. The van der Waals surface area contributed by atoms with Crippen molar-refractivity contribution in [3.05, 3.63) is 48.2 Å². The van der Waals surface area contributed by atoms with Gasteiger partial charge < -0.3 is 4.12 Å². The van der Waals surface area contributed by atoms with Crippen LogP contribution in [0.25, 0.3) is 0 Å². The van der Waals surface area contributed by atoms with Crippen LogP contribution in [-0.2, 0) is 4.12 Å². The van der Waals surface area contributed by atoms with Crippen LogP contribution in [-0.4, -0.2) is 17.4 Å². The summed E-state index contributed by atoms with van der Waals surface area (Å²) < 4.78 is 6.07. The second-order valence-corrected chi connectivity index (χ2v) is 11.4. The summed E-state index contributed by atoms with van der Waals surface area (Å²) in [6.07, 6.45) is 11.4. The van der Waals surface area contributed by atoms with Crippen molar-refractivity contribution in [2.75, 3.05) is 0 Å². The summed E-state index contributed by atoms with van der Waals surface area (Å²) in [5.74, 6) is 0. The first-order chi connectivity index (χ1) is 7.91. The molecule has 0 saturated carbocycles. The lowest BCUT2D eigenvalue weighted by molar-refractivity contribution is 0.589. The molecule has 0 N–H and O–H groups in total. The van der Waals surface area contributed by atoms with Gasteiger partial charge in [0.25, 0.3) is 0 Å². The smallest absolute Gasteiger partial charge is 0.198 e. The molecular formula is C14H26OSi2. The zero-order valence-corrected chi connectivity index (χ0v) is 14.0. The average molecular weight is 267 g/mol. The summed E-state index contributed by atoms with van der Waals surface area (Å²) in [7, 11) is -2.57.